The standard InChI is InChI=1S/C18H24N4O3/c1-23-11-14-7-13(3-4-17(14)24-2)9-21-6-5-18-16(10-21)22-15(12-25-18)8-19-20-22/h3-4,7-8,16,18H,5-6,9-12H2,1-2H3/t16-,18+/m0/s1. The highest BCUT2D eigenvalue weighted by atomic mass is 16.5. The number of hydrogen-bond acceptors (Lipinski definition) is 6. The van der Waals surface area contributed by atoms with E-state index >= 15 is 0 Å². The van der Waals surface area contributed by atoms with Crippen molar-refractivity contribution in [3.63, 3.8) is 0 Å². The van der Waals surface area contributed by atoms with Crippen LogP contribution in [-0.2, 0) is 29.2 Å². The number of hydrogen-bond donors (Lipinski definition) is 0. The van der Waals surface area contributed by atoms with Gasteiger partial charge in [-0.05, 0) is 24.1 Å². The van der Waals surface area contributed by atoms with Crippen molar-refractivity contribution in [2.24, 2.45) is 0 Å². The Labute approximate surface area is 147 Å². The van der Waals surface area contributed by atoms with Crippen LogP contribution in [0, 0.1) is 0 Å². The van der Waals surface area contributed by atoms with Gasteiger partial charge in [-0.3, -0.25) is 4.90 Å². The first-order valence-electron chi connectivity index (χ1n) is 8.66. The zero-order valence-electron chi connectivity index (χ0n) is 14.7. The molecule has 25 heavy (non-hydrogen) atoms. The topological polar surface area (TPSA) is 61.6 Å². The Kier molecular flexibility index (Phi) is 4.70. The van der Waals surface area contributed by atoms with Gasteiger partial charge in [0.05, 0.1) is 44.4 Å². The number of piperidine rings is 1. The number of benzene rings is 1. The number of nitrogens with zero attached hydrogens (tertiary/aromatic N) is 4. The first-order chi connectivity index (χ1) is 12.3. The largest absolute Gasteiger partial charge is 0.496 e. The van der Waals surface area contributed by atoms with E-state index in [1.165, 1.54) is 5.56 Å². The van der Waals surface area contributed by atoms with Crippen molar-refractivity contribution in [2.75, 3.05) is 27.3 Å². The lowest BCUT2D eigenvalue weighted by Gasteiger charge is -2.41. The van der Waals surface area contributed by atoms with E-state index in [1.54, 1.807) is 20.4 Å². The number of methoxy groups -OCH3 is 2. The predicted molar refractivity (Wildman–Crippen MR) is 91.2 cm³/mol. The predicted octanol–water partition coefficient (Wildman–Crippen LogP) is 1.78. The highest BCUT2D eigenvalue weighted by molar-refractivity contribution is 5.37. The van der Waals surface area contributed by atoms with Gasteiger partial charge in [0.15, 0.2) is 0 Å². The Morgan fingerprint density at radius 2 is 2.24 bits per heavy atom. The van der Waals surface area contributed by atoms with Crippen LogP contribution in [0.15, 0.2) is 24.4 Å². The zero-order chi connectivity index (χ0) is 17.2. The molecule has 1 saturated heterocycles. The molecule has 0 spiro atoms. The molecule has 3 heterocycles. The molecular weight excluding hydrogens is 320 g/mol. The van der Waals surface area contributed by atoms with Gasteiger partial charge in [0, 0.05) is 32.3 Å². The summed E-state index contributed by atoms with van der Waals surface area (Å²) in [6.45, 7) is 4.02. The molecule has 7 nitrogen and oxygen atoms in total. The monoisotopic (exact) mass is 344 g/mol. The van der Waals surface area contributed by atoms with E-state index in [1.807, 2.05) is 10.7 Å². The quantitative estimate of drug-likeness (QED) is 0.824. The smallest absolute Gasteiger partial charge is 0.124 e. The number of aromatic nitrogens is 3. The third-order valence-corrected chi connectivity index (χ3v) is 5.06. The minimum absolute atomic E-state index is 0.241. The Hall–Kier alpha value is -1.96. The summed E-state index contributed by atoms with van der Waals surface area (Å²) in [5.41, 5.74) is 3.41. The molecule has 0 radical (unpaired) electrons. The third-order valence-electron chi connectivity index (χ3n) is 5.06. The summed E-state index contributed by atoms with van der Waals surface area (Å²) in [7, 11) is 3.40. The second-order valence-corrected chi connectivity index (χ2v) is 6.69. The average Bonchev–Trinajstić information content (AvgIpc) is 3.11. The Morgan fingerprint density at radius 1 is 1.32 bits per heavy atom. The number of fused-ring (bicyclic) bond motifs is 3. The summed E-state index contributed by atoms with van der Waals surface area (Å²) < 4.78 is 18.7. The third kappa shape index (κ3) is 3.27. The van der Waals surface area contributed by atoms with Gasteiger partial charge in [-0.25, -0.2) is 4.68 Å². The summed E-state index contributed by atoms with van der Waals surface area (Å²) in [6.07, 6.45) is 3.06. The van der Waals surface area contributed by atoms with Gasteiger partial charge in [0.2, 0.25) is 0 Å². The molecule has 0 N–H and O–H groups in total. The molecule has 0 bridgehead atoms. The van der Waals surface area contributed by atoms with Crippen LogP contribution in [-0.4, -0.2) is 53.3 Å². The van der Waals surface area contributed by atoms with E-state index in [2.05, 4.69) is 27.3 Å². The van der Waals surface area contributed by atoms with Gasteiger partial charge in [-0.1, -0.05) is 11.3 Å². The van der Waals surface area contributed by atoms with Gasteiger partial charge in [-0.2, -0.15) is 0 Å². The molecule has 0 amide bonds. The lowest BCUT2D eigenvalue weighted by atomic mass is 9.99. The second-order valence-electron chi connectivity index (χ2n) is 6.69. The van der Waals surface area contributed by atoms with Crippen LogP contribution in [0.5, 0.6) is 5.75 Å². The minimum atomic E-state index is 0.241. The van der Waals surface area contributed by atoms with Gasteiger partial charge >= 0.3 is 0 Å². The van der Waals surface area contributed by atoms with Crippen LogP contribution in [0.3, 0.4) is 0 Å². The summed E-state index contributed by atoms with van der Waals surface area (Å²) in [6, 6.07) is 6.57. The van der Waals surface area contributed by atoms with Crippen molar-refractivity contribution >= 4 is 0 Å². The molecule has 0 aliphatic carbocycles. The maximum atomic E-state index is 5.99. The highest BCUT2D eigenvalue weighted by Crippen LogP contribution is 2.31. The average molecular weight is 344 g/mol. The van der Waals surface area contributed by atoms with E-state index < -0.39 is 0 Å². The van der Waals surface area contributed by atoms with Crippen molar-refractivity contribution in [3.8, 4) is 5.75 Å². The van der Waals surface area contributed by atoms with Crippen molar-refractivity contribution in [2.45, 2.75) is 38.3 Å². The van der Waals surface area contributed by atoms with E-state index in [-0.39, 0.29) is 12.1 Å². The van der Waals surface area contributed by atoms with Crippen LogP contribution in [0.2, 0.25) is 0 Å². The van der Waals surface area contributed by atoms with Crippen molar-refractivity contribution in [3.05, 3.63) is 41.2 Å². The van der Waals surface area contributed by atoms with Crippen LogP contribution in [0.1, 0.15) is 29.3 Å². The SMILES string of the molecule is COCc1cc(CN2CC[C@H]3OCc4cnnn4[C@H]3C2)ccc1OC. The van der Waals surface area contributed by atoms with Crippen molar-refractivity contribution in [1.82, 2.24) is 19.9 Å². The maximum Gasteiger partial charge on any atom is 0.124 e. The number of likely N-dealkylation sites (tertiary alicyclic amines) is 1. The summed E-state index contributed by atoms with van der Waals surface area (Å²) in [4.78, 5) is 2.46. The van der Waals surface area contributed by atoms with Crippen LogP contribution in [0.25, 0.3) is 0 Å². The summed E-state index contributed by atoms with van der Waals surface area (Å²) >= 11 is 0. The van der Waals surface area contributed by atoms with E-state index in [9.17, 15) is 0 Å². The second kappa shape index (κ2) is 7.11. The van der Waals surface area contributed by atoms with E-state index in [0.717, 1.165) is 43.1 Å². The van der Waals surface area contributed by atoms with Crippen LogP contribution < -0.4 is 4.74 Å². The molecule has 7 heteroatoms. The molecule has 0 saturated carbocycles. The fourth-order valence-corrected chi connectivity index (χ4v) is 3.85. The first kappa shape index (κ1) is 16.5. The lowest BCUT2D eigenvalue weighted by molar-refractivity contribution is -0.0669. The number of ether oxygens (including phenoxy) is 3. The van der Waals surface area contributed by atoms with Gasteiger partial charge in [0.25, 0.3) is 0 Å². The molecule has 1 fully saturated rings. The van der Waals surface area contributed by atoms with Gasteiger partial charge in [0.1, 0.15) is 5.75 Å². The molecule has 0 unspecified atom stereocenters. The first-order valence-corrected chi connectivity index (χ1v) is 8.66. The summed E-state index contributed by atoms with van der Waals surface area (Å²) in [5.74, 6) is 0.872. The van der Waals surface area contributed by atoms with E-state index in [4.69, 9.17) is 14.2 Å². The molecule has 2 aromatic rings. The molecule has 2 atom stereocenters. The molecule has 2 aliphatic heterocycles. The van der Waals surface area contributed by atoms with Crippen LogP contribution >= 0.6 is 0 Å². The number of rotatable bonds is 5. The highest BCUT2D eigenvalue weighted by Gasteiger charge is 2.36. The van der Waals surface area contributed by atoms with Gasteiger partial charge in [-0.15, -0.1) is 5.10 Å². The molecule has 1 aromatic heterocycles. The zero-order valence-corrected chi connectivity index (χ0v) is 14.7. The Morgan fingerprint density at radius 3 is 3.08 bits per heavy atom. The fraction of sp³-hybridized carbons (Fsp3) is 0.556. The van der Waals surface area contributed by atoms with Crippen molar-refractivity contribution < 1.29 is 14.2 Å². The molecule has 134 valence electrons. The van der Waals surface area contributed by atoms with Crippen molar-refractivity contribution in [1.29, 1.82) is 0 Å². The van der Waals surface area contributed by atoms with Gasteiger partial charge < -0.3 is 14.2 Å². The summed E-state index contributed by atoms with van der Waals surface area (Å²) in [5, 5.41) is 8.31. The Bertz CT molecular complexity index is 733. The molecule has 4 rings (SSSR count). The minimum Gasteiger partial charge on any atom is -0.496 e. The van der Waals surface area contributed by atoms with E-state index in [0.29, 0.717) is 13.2 Å². The molecule has 1 aromatic carbocycles. The lowest BCUT2D eigenvalue weighted by Crippen LogP contribution is -2.47. The normalized spacial score (nSPS) is 23.1. The molecular formula is C18H24N4O3. The Balaban J connectivity index is 1.48. The maximum absolute atomic E-state index is 5.99. The van der Waals surface area contributed by atoms with Crippen LogP contribution in [0.4, 0.5) is 0 Å². The molecule has 2 aliphatic rings. The fourth-order valence-electron chi connectivity index (χ4n) is 3.85.